The van der Waals surface area contributed by atoms with Gasteiger partial charge in [0.05, 0.1) is 18.8 Å². The van der Waals surface area contributed by atoms with Crippen molar-refractivity contribution in [1.29, 1.82) is 0 Å². The lowest BCUT2D eigenvalue weighted by Crippen LogP contribution is -2.40. The van der Waals surface area contributed by atoms with Crippen LogP contribution in [0.15, 0.2) is 54.6 Å². The molecule has 3 heterocycles. The van der Waals surface area contributed by atoms with Gasteiger partial charge in [-0.3, -0.25) is 14.7 Å². The number of morpholine rings is 1. The van der Waals surface area contributed by atoms with Gasteiger partial charge >= 0.3 is 0 Å². The van der Waals surface area contributed by atoms with Crippen molar-refractivity contribution >= 4 is 45.0 Å². The summed E-state index contributed by atoms with van der Waals surface area (Å²) in [5, 5.41) is 13.2. The fourth-order valence-corrected chi connectivity index (χ4v) is 4.79. The molecule has 10 heteroatoms. The molecule has 35 heavy (non-hydrogen) atoms. The number of hydrogen-bond donors (Lipinski definition) is 3. The lowest BCUT2D eigenvalue weighted by atomic mass is 9.94. The Balaban J connectivity index is 1.28. The predicted molar refractivity (Wildman–Crippen MR) is 136 cm³/mol. The monoisotopic (exact) mass is 490 g/mol. The molecular formula is C25H26N6O3S. The lowest BCUT2D eigenvalue weighted by molar-refractivity contribution is 0.0911. The van der Waals surface area contributed by atoms with E-state index in [0.717, 1.165) is 24.3 Å². The number of anilines is 2. The molecule has 5 rings (SSSR count). The molecular weight excluding hydrogens is 464 g/mol. The number of hydrogen-bond acceptors (Lipinski definition) is 7. The highest BCUT2D eigenvalue weighted by molar-refractivity contribution is 7.20. The van der Waals surface area contributed by atoms with Crippen molar-refractivity contribution in [3.8, 4) is 0 Å². The maximum atomic E-state index is 12.9. The van der Waals surface area contributed by atoms with E-state index in [1.165, 1.54) is 11.3 Å². The topological polar surface area (TPSA) is 112 Å². The molecule has 0 bridgehead atoms. The summed E-state index contributed by atoms with van der Waals surface area (Å²) < 4.78 is 5.39. The SMILES string of the molecule is CC(C)(NC(=O)c1nc2c(NC(=O)c3ccc(N4CCOCC4)cc3)n[nH]c2s1)c1ccccc1. The standard InChI is InChI=1S/C25H26N6O3S/c1-25(2,17-6-4-3-5-7-17)28-22(33)24-26-19-20(29-30-23(19)35-24)27-21(32)16-8-10-18(11-9-16)31-12-14-34-15-13-31/h3-11H,12-15H2,1-2H3,(H,28,33)(H2,27,29,30,32). The first-order valence-corrected chi connectivity index (χ1v) is 12.2. The van der Waals surface area contributed by atoms with Crippen LogP contribution in [0.2, 0.25) is 0 Å². The van der Waals surface area contributed by atoms with Gasteiger partial charge in [0.25, 0.3) is 11.8 Å². The van der Waals surface area contributed by atoms with Crippen LogP contribution < -0.4 is 15.5 Å². The van der Waals surface area contributed by atoms with Crippen LogP contribution in [0, 0.1) is 0 Å². The highest BCUT2D eigenvalue weighted by atomic mass is 32.1. The largest absolute Gasteiger partial charge is 0.378 e. The van der Waals surface area contributed by atoms with E-state index >= 15 is 0 Å². The van der Waals surface area contributed by atoms with Gasteiger partial charge in [-0.05, 0) is 43.7 Å². The van der Waals surface area contributed by atoms with E-state index in [4.69, 9.17) is 4.74 Å². The van der Waals surface area contributed by atoms with Gasteiger partial charge in [0.15, 0.2) is 10.8 Å². The van der Waals surface area contributed by atoms with E-state index < -0.39 is 5.54 Å². The minimum atomic E-state index is -0.569. The zero-order valence-corrected chi connectivity index (χ0v) is 20.3. The van der Waals surface area contributed by atoms with Crippen LogP contribution in [0.5, 0.6) is 0 Å². The molecule has 1 fully saturated rings. The summed E-state index contributed by atoms with van der Waals surface area (Å²) in [5.74, 6) is -0.291. The molecule has 2 aromatic heterocycles. The summed E-state index contributed by atoms with van der Waals surface area (Å²) in [6.45, 7) is 6.95. The van der Waals surface area contributed by atoms with Crippen molar-refractivity contribution in [2.24, 2.45) is 0 Å². The number of amides is 2. The number of aromatic amines is 1. The minimum Gasteiger partial charge on any atom is -0.378 e. The second kappa shape index (κ2) is 9.47. The summed E-state index contributed by atoms with van der Waals surface area (Å²) in [6, 6.07) is 17.2. The molecule has 1 aliphatic rings. The Morgan fingerprint density at radius 1 is 1.03 bits per heavy atom. The van der Waals surface area contributed by atoms with Crippen molar-refractivity contribution in [3.63, 3.8) is 0 Å². The van der Waals surface area contributed by atoms with Crippen molar-refractivity contribution in [2.45, 2.75) is 19.4 Å². The number of benzene rings is 2. The Morgan fingerprint density at radius 3 is 2.46 bits per heavy atom. The number of fused-ring (bicyclic) bond motifs is 1. The quantitative estimate of drug-likeness (QED) is 0.379. The highest BCUT2D eigenvalue weighted by Crippen LogP contribution is 2.28. The third-order valence-corrected chi connectivity index (χ3v) is 6.93. The maximum absolute atomic E-state index is 12.9. The van der Waals surface area contributed by atoms with Gasteiger partial charge in [-0.25, -0.2) is 4.98 Å². The van der Waals surface area contributed by atoms with Crippen LogP contribution in [0.25, 0.3) is 10.3 Å². The zero-order chi connectivity index (χ0) is 24.4. The van der Waals surface area contributed by atoms with Gasteiger partial charge in [0, 0.05) is 24.3 Å². The Bertz CT molecular complexity index is 1340. The molecule has 180 valence electrons. The Morgan fingerprint density at radius 2 is 1.74 bits per heavy atom. The molecule has 0 aliphatic carbocycles. The van der Waals surface area contributed by atoms with Crippen molar-refractivity contribution in [3.05, 3.63) is 70.7 Å². The van der Waals surface area contributed by atoms with E-state index in [9.17, 15) is 9.59 Å². The van der Waals surface area contributed by atoms with E-state index in [1.54, 1.807) is 12.1 Å². The maximum Gasteiger partial charge on any atom is 0.281 e. The second-order valence-corrected chi connectivity index (χ2v) is 9.81. The molecule has 4 aromatic rings. The number of ether oxygens (including phenoxy) is 1. The van der Waals surface area contributed by atoms with Crippen LogP contribution in [-0.2, 0) is 10.3 Å². The summed E-state index contributed by atoms with van der Waals surface area (Å²) in [6.07, 6.45) is 0. The number of nitrogens with one attached hydrogen (secondary N) is 3. The van der Waals surface area contributed by atoms with Gasteiger partial charge in [-0.15, -0.1) is 0 Å². The molecule has 0 radical (unpaired) electrons. The average Bonchev–Trinajstić information content (AvgIpc) is 3.47. The smallest absolute Gasteiger partial charge is 0.281 e. The highest BCUT2D eigenvalue weighted by Gasteiger charge is 2.26. The zero-order valence-electron chi connectivity index (χ0n) is 19.5. The Kier molecular flexibility index (Phi) is 6.23. The van der Waals surface area contributed by atoms with Crippen LogP contribution in [0.4, 0.5) is 11.5 Å². The van der Waals surface area contributed by atoms with Gasteiger partial charge in [-0.2, -0.15) is 5.10 Å². The molecule has 0 saturated carbocycles. The number of H-pyrrole nitrogens is 1. The van der Waals surface area contributed by atoms with E-state index in [2.05, 4.69) is 30.7 Å². The molecule has 0 unspecified atom stereocenters. The first-order chi connectivity index (χ1) is 16.9. The van der Waals surface area contributed by atoms with Crippen molar-refractivity contribution in [2.75, 3.05) is 36.5 Å². The first kappa shape index (κ1) is 23.0. The number of thiazole rings is 1. The van der Waals surface area contributed by atoms with Gasteiger partial charge in [-0.1, -0.05) is 41.7 Å². The molecule has 9 nitrogen and oxygen atoms in total. The predicted octanol–water partition coefficient (Wildman–Crippen LogP) is 3.77. The Hall–Kier alpha value is -3.76. The molecule has 0 atom stereocenters. The summed E-state index contributed by atoms with van der Waals surface area (Å²) in [5.41, 5.74) is 2.44. The summed E-state index contributed by atoms with van der Waals surface area (Å²) in [7, 11) is 0. The summed E-state index contributed by atoms with van der Waals surface area (Å²) >= 11 is 1.19. The number of carbonyl (C=O) groups excluding carboxylic acids is 2. The molecule has 1 aliphatic heterocycles. The van der Waals surface area contributed by atoms with Crippen molar-refractivity contribution < 1.29 is 14.3 Å². The fourth-order valence-electron chi connectivity index (χ4n) is 3.99. The molecule has 2 amide bonds. The van der Waals surface area contributed by atoms with Crippen LogP contribution >= 0.6 is 11.3 Å². The molecule has 1 saturated heterocycles. The lowest BCUT2D eigenvalue weighted by Gasteiger charge is -2.28. The van der Waals surface area contributed by atoms with Crippen LogP contribution in [-0.4, -0.2) is 53.3 Å². The van der Waals surface area contributed by atoms with Gasteiger partial charge < -0.3 is 20.3 Å². The number of aromatic nitrogens is 3. The van der Waals surface area contributed by atoms with Crippen LogP contribution in [0.1, 0.15) is 39.6 Å². The summed E-state index contributed by atoms with van der Waals surface area (Å²) in [4.78, 5) is 33.0. The second-order valence-electron chi connectivity index (χ2n) is 8.81. The fraction of sp³-hybridized carbons (Fsp3) is 0.280. The molecule has 0 spiro atoms. The van der Waals surface area contributed by atoms with E-state index in [-0.39, 0.29) is 11.8 Å². The van der Waals surface area contributed by atoms with Gasteiger partial charge in [0.2, 0.25) is 0 Å². The van der Waals surface area contributed by atoms with E-state index in [1.807, 2.05) is 56.3 Å². The third kappa shape index (κ3) is 4.89. The first-order valence-electron chi connectivity index (χ1n) is 11.4. The molecule has 3 N–H and O–H groups in total. The van der Waals surface area contributed by atoms with E-state index in [0.29, 0.717) is 39.9 Å². The minimum absolute atomic E-state index is 0.288. The molecule has 2 aromatic carbocycles. The van der Waals surface area contributed by atoms with Crippen molar-refractivity contribution in [1.82, 2.24) is 20.5 Å². The third-order valence-electron chi connectivity index (χ3n) is 5.97. The number of carbonyl (C=O) groups is 2. The number of rotatable bonds is 6. The number of nitrogens with zero attached hydrogens (tertiary/aromatic N) is 3. The normalized spacial score (nSPS) is 14.2. The van der Waals surface area contributed by atoms with Gasteiger partial charge in [0.1, 0.15) is 10.3 Å². The Labute approximate surface area is 206 Å². The average molecular weight is 491 g/mol. The van der Waals surface area contributed by atoms with Crippen LogP contribution in [0.3, 0.4) is 0 Å².